The maximum Gasteiger partial charge on any atom is 0.274 e. The first-order valence-corrected chi connectivity index (χ1v) is 11.2. The maximum absolute atomic E-state index is 13.6. The Morgan fingerprint density at radius 2 is 1.90 bits per heavy atom. The van der Waals surface area contributed by atoms with Crippen molar-refractivity contribution in [3.8, 4) is 0 Å². The topological polar surface area (TPSA) is 75.8 Å². The minimum Gasteiger partial charge on any atom is -0.366 e. The van der Waals surface area contributed by atoms with Crippen LogP contribution in [-0.4, -0.2) is 34.1 Å². The summed E-state index contributed by atoms with van der Waals surface area (Å²) in [6, 6.07) is 7.30. The minimum absolute atomic E-state index is 0.0139. The average molecular weight is 458 g/mol. The zero-order chi connectivity index (χ0) is 22.3. The Morgan fingerprint density at radius 1 is 1.23 bits per heavy atom. The van der Waals surface area contributed by atoms with E-state index in [2.05, 4.69) is 0 Å². The number of allylic oxidation sites excluding steroid dienone is 5. The Morgan fingerprint density at radius 3 is 2.52 bits per heavy atom. The SMILES string of the molecule is CC1(C)N=C(C2=CC(Cl)=CCC(Cl)=C2)C(=O)N1C(Cc1ccc(C(N)=O)cc1)C1CC1. The molecule has 0 aromatic heterocycles. The molecule has 2 aliphatic carbocycles. The summed E-state index contributed by atoms with van der Waals surface area (Å²) in [4.78, 5) is 31.7. The molecule has 5 nitrogen and oxygen atoms in total. The third-order valence-corrected chi connectivity index (χ3v) is 6.48. The lowest BCUT2D eigenvalue weighted by Crippen LogP contribution is -2.51. The molecule has 0 spiro atoms. The molecule has 3 aliphatic rings. The van der Waals surface area contributed by atoms with E-state index in [1.807, 2.05) is 37.0 Å². The number of carbonyl (C=O) groups excluding carboxylic acids is 2. The molecule has 31 heavy (non-hydrogen) atoms. The van der Waals surface area contributed by atoms with Crippen molar-refractivity contribution < 1.29 is 9.59 Å². The van der Waals surface area contributed by atoms with E-state index in [1.165, 1.54) is 0 Å². The van der Waals surface area contributed by atoms with Gasteiger partial charge in [-0.25, -0.2) is 0 Å². The van der Waals surface area contributed by atoms with Crippen LogP contribution in [0.2, 0.25) is 0 Å². The summed E-state index contributed by atoms with van der Waals surface area (Å²) >= 11 is 12.5. The number of carbonyl (C=O) groups is 2. The van der Waals surface area contributed by atoms with Gasteiger partial charge in [0.05, 0.1) is 0 Å². The smallest absolute Gasteiger partial charge is 0.274 e. The van der Waals surface area contributed by atoms with Crippen molar-refractivity contribution in [1.82, 2.24) is 4.90 Å². The van der Waals surface area contributed by atoms with Crippen LogP contribution in [0.4, 0.5) is 0 Å². The number of aliphatic imine (C=N–C) groups is 1. The Bertz CT molecular complexity index is 1050. The average Bonchev–Trinajstić information content (AvgIpc) is 3.52. The van der Waals surface area contributed by atoms with Crippen LogP contribution in [0.15, 0.2) is 63.1 Å². The lowest BCUT2D eigenvalue weighted by atomic mass is 9.97. The number of halogens is 2. The molecular formula is C24H25Cl2N3O2. The van der Waals surface area contributed by atoms with E-state index in [-0.39, 0.29) is 11.9 Å². The van der Waals surface area contributed by atoms with Gasteiger partial charge in [-0.15, -0.1) is 0 Å². The molecule has 2 N–H and O–H groups in total. The van der Waals surface area contributed by atoms with Crippen molar-refractivity contribution in [2.45, 2.75) is 51.2 Å². The Hall–Kier alpha value is -2.37. The molecule has 1 unspecified atom stereocenters. The fraction of sp³-hybridized carbons (Fsp3) is 0.375. The quantitative estimate of drug-likeness (QED) is 0.671. The highest BCUT2D eigenvalue weighted by Crippen LogP contribution is 2.42. The van der Waals surface area contributed by atoms with Gasteiger partial charge in [-0.3, -0.25) is 14.6 Å². The zero-order valence-corrected chi connectivity index (χ0v) is 19.1. The second-order valence-electron chi connectivity index (χ2n) is 8.78. The van der Waals surface area contributed by atoms with Gasteiger partial charge in [-0.05, 0) is 68.9 Å². The van der Waals surface area contributed by atoms with E-state index in [4.69, 9.17) is 33.9 Å². The largest absolute Gasteiger partial charge is 0.366 e. The number of hydrogen-bond donors (Lipinski definition) is 1. The molecular weight excluding hydrogens is 433 g/mol. The predicted octanol–water partition coefficient (Wildman–Crippen LogP) is 4.70. The molecule has 1 heterocycles. The molecule has 1 fully saturated rings. The van der Waals surface area contributed by atoms with Gasteiger partial charge >= 0.3 is 0 Å². The zero-order valence-electron chi connectivity index (χ0n) is 17.6. The maximum atomic E-state index is 13.6. The van der Waals surface area contributed by atoms with Crippen LogP contribution >= 0.6 is 23.2 Å². The number of rotatable bonds is 6. The van der Waals surface area contributed by atoms with Crippen LogP contribution in [0, 0.1) is 5.92 Å². The summed E-state index contributed by atoms with van der Waals surface area (Å²) in [6.45, 7) is 3.92. The van der Waals surface area contributed by atoms with E-state index < -0.39 is 11.6 Å². The van der Waals surface area contributed by atoms with Gasteiger partial charge in [-0.1, -0.05) is 41.4 Å². The predicted molar refractivity (Wildman–Crippen MR) is 124 cm³/mol. The molecule has 1 aliphatic heterocycles. The molecule has 162 valence electrons. The van der Waals surface area contributed by atoms with Crippen molar-refractivity contribution in [3.05, 3.63) is 69.3 Å². The van der Waals surface area contributed by atoms with E-state index in [9.17, 15) is 9.59 Å². The van der Waals surface area contributed by atoms with Crippen LogP contribution in [-0.2, 0) is 11.2 Å². The highest BCUT2D eigenvalue weighted by molar-refractivity contribution is 6.48. The number of hydrogen-bond acceptors (Lipinski definition) is 3. The molecule has 4 rings (SSSR count). The van der Waals surface area contributed by atoms with Crippen LogP contribution in [0.25, 0.3) is 0 Å². The Balaban J connectivity index is 1.63. The van der Waals surface area contributed by atoms with Crippen molar-refractivity contribution in [2.24, 2.45) is 16.6 Å². The van der Waals surface area contributed by atoms with E-state index >= 15 is 0 Å². The molecule has 7 heteroatoms. The van der Waals surface area contributed by atoms with Gasteiger partial charge in [0.2, 0.25) is 5.91 Å². The first kappa shape index (κ1) is 21.8. The molecule has 1 aromatic rings. The molecule has 1 aromatic carbocycles. The normalized spacial score (nSPS) is 21.7. The number of nitrogens with two attached hydrogens (primary N) is 1. The number of primary amides is 1. The fourth-order valence-corrected chi connectivity index (χ4v) is 4.68. The fourth-order valence-electron chi connectivity index (χ4n) is 4.29. The first-order valence-electron chi connectivity index (χ1n) is 10.4. The van der Waals surface area contributed by atoms with Crippen molar-refractivity contribution in [3.63, 3.8) is 0 Å². The van der Waals surface area contributed by atoms with Crippen molar-refractivity contribution >= 4 is 40.7 Å². The summed E-state index contributed by atoms with van der Waals surface area (Å²) in [5, 5.41) is 1.16. The van der Waals surface area contributed by atoms with Gasteiger partial charge in [-0.2, -0.15) is 0 Å². The lowest BCUT2D eigenvalue weighted by Gasteiger charge is -2.37. The van der Waals surface area contributed by atoms with Gasteiger partial charge < -0.3 is 10.6 Å². The molecule has 0 bridgehead atoms. The van der Waals surface area contributed by atoms with Crippen LogP contribution in [0.5, 0.6) is 0 Å². The van der Waals surface area contributed by atoms with Crippen molar-refractivity contribution in [1.29, 1.82) is 0 Å². The third-order valence-electron chi connectivity index (χ3n) is 5.95. The van der Waals surface area contributed by atoms with Crippen LogP contribution in [0.1, 0.15) is 49.0 Å². The van der Waals surface area contributed by atoms with Gasteiger partial charge in [0.25, 0.3) is 5.91 Å². The minimum atomic E-state index is -0.684. The van der Waals surface area contributed by atoms with Crippen LogP contribution in [0.3, 0.4) is 0 Å². The highest BCUT2D eigenvalue weighted by Gasteiger charge is 2.49. The summed E-state index contributed by atoms with van der Waals surface area (Å²) < 4.78 is 0. The second kappa shape index (κ2) is 8.29. The van der Waals surface area contributed by atoms with Crippen molar-refractivity contribution in [2.75, 3.05) is 0 Å². The van der Waals surface area contributed by atoms with Crippen LogP contribution < -0.4 is 5.73 Å². The second-order valence-corrected chi connectivity index (χ2v) is 9.71. The highest BCUT2D eigenvalue weighted by atomic mass is 35.5. The molecule has 2 amide bonds. The molecule has 1 atom stereocenters. The molecule has 1 saturated carbocycles. The first-order chi connectivity index (χ1) is 14.7. The van der Waals surface area contributed by atoms with E-state index in [0.29, 0.717) is 45.7 Å². The standard InChI is InChI=1S/C24H25Cl2N3O2/c1-24(2)28-21(17-12-18(25)9-10-19(26)13-17)23(31)29(24)20(15-7-8-15)11-14-3-5-16(6-4-14)22(27)30/h3-6,9,12-13,15,20H,7-8,10-11H2,1-2H3,(H2,27,30). The monoisotopic (exact) mass is 457 g/mol. The Kier molecular flexibility index (Phi) is 5.84. The summed E-state index contributed by atoms with van der Waals surface area (Å²) in [5.41, 5.74) is 7.24. The van der Waals surface area contributed by atoms with Gasteiger partial charge in [0, 0.05) is 33.7 Å². The van der Waals surface area contributed by atoms with E-state index in [0.717, 1.165) is 18.4 Å². The number of amides is 2. The molecule has 0 saturated heterocycles. The third kappa shape index (κ3) is 4.63. The Labute approximate surface area is 192 Å². The van der Waals surface area contributed by atoms with E-state index in [1.54, 1.807) is 24.3 Å². The lowest BCUT2D eigenvalue weighted by molar-refractivity contribution is -0.130. The van der Waals surface area contributed by atoms with Gasteiger partial charge in [0.1, 0.15) is 11.4 Å². The van der Waals surface area contributed by atoms with Gasteiger partial charge in [0.15, 0.2) is 0 Å². The molecule has 0 radical (unpaired) electrons. The number of benzene rings is 1. The summed E-state index contributed by atoms with van der Waals surface area (Å²) in [5.74, 6) is -0.122. The summed E-state index contributed by atoms with van der Waals surface area (Å²) in [6.07, 6.45) is 8.74. The summed E-state index contributed by atoms with van der Waals surface area (Å²) in [7, 11) is 0. The number of nitrogens with zero attached hydrogens (tertiary/aromatic N) is 2.